The Morgan fingerprint density at radius 3 is 2.32 bits per heavy atom. The van der Waals surface area contributed by atoms with Gasteiger partial charge in [0.05, 0.1) is 18.1 Å². The van der Waals surface area contributed by atoms with Gasteiger partial charge in [-0.3, -0.25) is 9.59 Å². The van der Waals surface area contributed by atoms with Gasteiger partial charge in [0, 0.05) is 11.6 Å². The zero-order valence-corrected chi connectivity index (χ0v) is 11.6. The van der Waals surface area contributed by atoms with Crippen molar-refractivity contribution in [2.75, 3.05) is 0 Å². The van der Waals surface area contributed by atoms with Crippen LogP contribution in [0, 0.1) is 23.7 Å². The third kappa shape index (κ3) is 1.70. The molecule has 0 radical (unpaired) electrons. The Labute approximate surface area is 126 Å². The van der Waals surface area contributed by atoms with Gasteiger partial charge in [0.1, 0.15) is 11.5 Å². The maximum absolute atomic E-state index is 12.4. The van der Waals surface area contributed by atoms with Crippen LogP contribution >= 0.6 is 0 Å². The Kier molecular flexibility index (Phi) is 2.63. The highest BCUT2D eigenvalue weighted by molar-refractivity contribution is 6.06. The molecule has 3 aliphatic rings. The van der Waals surface area contributed by atoms with E-state index in [9.17, 15) is 19.8 Å². The number of hydrogen-bond donors (Lipinski definition) is 2. The van der Waals surface area contributed by atoms with Crippen LogP contribution in [0.4, 0.5) is 0 Å². The summed E-state index contributed by atoms with van der Waals surface area (Å²) in [5, 5.41) is 23.8. The fraction of sp³-hybridized carbons (Fsp3) is 0.312. The second-order valence-corrected chi connectivity index (χ2v) is 5.98. The average molecular weight is 298 g/mol. The molecule has 2 amide bonds. The molecule has 1 aromatic rings. The molecule has 6 nitrogen and oxygen atoms in total. The zero-order valence-electron chi connectivity index (χ0n) is 11.6. The molecule has 4 atom stereocenters. The van der Waals surface area contributed by atoms with Crippen LogP contribution in [0.2, 0.25) is 0 Å². The predicted octanol–water partition coefficient (Wildman–Crippen LogP) is 1.24. The maximum Gasteiger partial charge on any atom is 0.254 e. The highest BCUT2D eigenvalue weighted by atomic mass is 16.3. The Hall–Kier alpha value is -2.63. The van der Waals surface area contributed by atoms with Gasteiger partial charge in [-0.25, -0.2) is 0 Å². The van der Waals surface area contributed by atoms with Crippen molar-refractivity contribution in [3.05, 3.63) is 35.9 Å². The minimum absolute atomic E-state index is 0.0693. The standard InChI is InChI=1S/C16H14N2O4/c19-11-4-3-10(12(20)6-11)7-17-18-15(21)13-8-1-2-9(5-8)14(13)16(18)22/h1-4,6-9,13-14,19-20H,5H2/b17-7-/t8-,9-,13+,14+/m0/s1. The summed E-state index contributed by atoms with van der Waals surface area (Å²) in [4.78, 5) is 24.8. The molecule has 1 saturated heterocycles. The molecule has 1 aromatic carbocycles. The van der Waals surface area contributed by atoms with Crippen LogP contribution in [-0.4, -0.2) is 33.3 Å². The molecule has 6 heteroatoms. The van der Waals surface area contributed by atoms with Crippen molar-refractivity contribution in [2.24, 2.45) is 28.8 Å². The van der Waals surface area contributed by atoms with Crippen molar-refractivity contribution in [3.8, 4) is 11.5 Å². The van der Waals surface area contributed by atoms with E-state index in [4.69, 9.17) is 0 Å². The smallest absolute Gasteiger partial charge is 0.254 e. The van der Waals surface area contributed by atoms with Crippen molar-refractivity contribution >= 4 is 18.0 Å². The molecule has 0 unspecified atom stereocenters. The first kappa shape index (κ1) is 13.1. The molecular weight excluding hydrogens is 284 g/mol. The molecule has 2 fully saturated rings. The normalized spacial score (nSPS) is 32.5. The molecule has 2 aliphatic carbocycles. The Bertz CT molecular complexity index is 710. The van der Waals surface area contributed by atoms with Crippen LogP contribution < -0.4 is 0 Å². The van der Waals surface area contributed by atoms with E-state index in [2.05, 4.69) is 5.10 Å². The number of hydrogen-bond acceptors (Lipinski definition) is 5. The average Bonchev–Trinajstić information content (AvgIpc) is 3.14. The van der Waals surface area contributed by atoms with Gasteiger partial charge in [0.25, 0.3) is 11.8 Å². The van der Waals surface area contributed by atoms with E-state index in [-0.39, 0.29) is 47.0 Å². The lowest BCUT2D eigenvalue weighted by Gasteiger charge is -2.13. The van der Waals surface area contributed by atoms with E-state index < -0.39 is 0 Å². The number of nitrogens with zero attached hydrogens (tertiary/aromatic N) is 2. The number of amides is 2. The molecule has 0 spiro atoms. The second kappa shape index (κ2) is 4.43. The molecule has 1 heterocycles. The van der Waals surface area contributed by atoms with Gasteiger partial charge >= 0.3 is 0 Å². The maximum atomic E-state index is 12.4. The summed E-state index contributed by atoms with van der Waals surface area (Å²) in [6.45, 7) is 0. The van der Waals surface area contributed by atoms with Crippen molar-refractivity contribution in [2.45, 2.75) is 6.42 Å². The van der Waals surface area contributed by atoms with E-state index in [1.165, 1.54) is 24.4 Å². The number of carbonyl (C=O) groups excluding carboxylic acids is 2. The summed E-state index contributed by atoms with van der Waals surface area (Å²) in [7, 11) is 0. The summed E-state index contributed by atoms with van der Waals surface area (Å²) in [6.07, 6.45) is 6.19. The molecule has 4 rings (SSSR count). The van der Waals surface area contributed by atoms with E-state index in [0.717, 1.165) is 11.4 Å². The summed E-state index contributed by atoms with van der Waals surface area (Å²) in [5.74, 6) is -1.03. The summed E-state index contributed by atoms with van der Waals surface area (Å²) in [5.41, 5.74) is 0.330. The molecule has 0 aromatic heterocycles. The second-order valence-electron chi connectivity index (χ2n) is 5.98. The SMILES string of the molecule is O=C1[C@H]2[C@H](C(=O)N1/N=C\c1ccc(O)cc1O)[C@H]1C=C[C@H]2C1. The number of fused-ring (bicyclic) bond motifs is 5. The van der Waals surface area contributed by atoms with Gasteiger partial charge < -0.3 is 10.2 Å². The number of benzene rings is 1. The number of carbonyl (C=O) groups is 2. The minimum Gasteiger partial charge on any atom is -0.508 e. The Morgan fingerprint density at radius 1 is 1.09 bits per heavy atom. The molecule has 2 bridgehead atoms. The van der Waals surface area contributed by atoms with E-state index in [0.29, 0.717) is 5.56 Å². The van der Waals surface area contributed by atoms with Crippen LogP contribution in [0.3, 0.4) is 0 Å². The highest BCUT2D eigenvalue weighted by Crippen LogP contribution is 2.52. The van der Waals surface area contributed by atoms with Gasteiger partial charge in [-0.15, -0.1) is 0 Å². The molecule has 1 saturated carbocycles. The predicted molar refractivity (Wildman–Crippen MR) is 76.9 cm³/mol. The van der Waals surface area contributed by atoms with E-state index in [1.54, 1.807) is 0 Å². The third-order valence-corrected chi connectivity index (χ3v) is 4.77. The lowest BCUT2D eigenvalue weighted by atomic mass is 9.85. The lowest BCUT2D eigenvalue weighted by molar-refractivity contribution is -0.140. The van der Waals surface area contributed by atoms with Crippen molar-refractivity contribution in [1.82, 2.24) is 5.01 Å². The lowest BCUT2D eigenvalue weighted by Crippen LogP contribution is -2.28. The number of allylic oxidation sites excluding steroid dienone is 2. The van der Waals surface area contributed by atoms with E-state index in [1.807, 2.05) is 12.2 Å². The van der Waals surface area contributed by atoms with Crippen LogP contribution in [0.25, 0.3) is 0 Å². The number of phenols is 2. The first-order chi connectivity index (χ1) is 10.6. The number of hydrazone groups is 1. The fourth-order valence-corrected chi connectivity index (χ4v) is 3.76. The Balaban J connectivity index is 1.60. The van der Waals surface area contributed by atoms with E-state index >= 15 is 0 Å². The monoisotopic (exact) mass is 298 g/mol. The fourth-order valence-electron chi connectivity index (χ4n) is 3.76. The number of phenolic OH excluding ortho intramolecular Hbond substituents is 2. The van der Waals surface area contributed by atoms with Crippen molar-refractivity contribution in [1.29, 1.82) is 0 Å². The first-order valence-corrected chi connectivity index (χ1v) is 7.18. The van der Waals surface area contributed by atoms with Crippen LogP contribution in [0.1, 0.15) is 12.0 Å². The number of aromatic hydroxyl groups is 2. The number of imide groups is 1. The summed E-state index contributed by atoms with van der Waals surface area (Å²) < 4.78 is 0. The van der Waals surface area contributed by atoms with Gasteiger partial charge in [0.2, 0.25) is 0 Å². The quantitative estimate of drug-likeness (QED) is 0.488. The van der Waals surface area contributed by atoms with Gasteiger partial charge in [-0.1, -0.05) is 12.2 Å². The van der Waals surface area contributed by atoms with Crippen LogP contribution in [0.5, 0.6) is 11.5 Å². The van der Waals surface area contributed by atoms with Gasteiger partial charge in [0.15, 0.2) is 0 Å². The topological polar surface area (TPSA) is 90.2 Å². The molecule has 22 heavy (non-hydrogen) atoms. The molecular formula is C16H14N2O4. The highest BCUT2D eigenvalue weighted by Gasteiger charge is 2.59. The first-order valence-electron chi connectivity index (χ1n) is 7.18. The van der Waals surface area contributed by atoms with Crippen molar-refractivity contribution in [3.63, 3.8) is 0 Å². The van der Waals surface area contributed by atoms with Crippen LogP contribution in [0.15, 0.2) is 35.5 Å². The van der Waals surface area contributed by atoms with Gasteiger partial charge in [-0.2, -0.15) is 10.1 Å². The Morgan fingerprint density at radius 2 is 1.73 bits per heavy atom. The minimum atomic E-state index is -0.284. The largest absolute Gasteiger partial charge is 0.508 e. The molecule has 1 aliphatic heterocycles. The summed E-state index contributed by atoms with van der Waals surface area (Å²) >= 11 is 0. The third-order valence-electron chi connectivity index (χ3n) is 4.77. The zero-order chi connectivity index (χ0) is 15.4. The molecule has 112 valence electrons. The van der Waals surface area contributed by atoms with Crippen LogP contribution in [-0.2, 0) is 9.59 Å². The number of rotatable bonds is 2. The summed E-state index contributed by atoms with van der Waals surface area (Å²) in [6, 6.07) is 4.03. The van der Waals surface area contributed by atoms with Gasteiger partial charge in [-0.05, 0) is 30.4 Å². The molecule has 2 N–H and O–H groups in total. The van der Waals surface area contributed by atoms with Crippen molar-refractivity contribution < 1.29 is 19.8 Å².